The maximum absolute atomic E-state index is 12.8. The molecule has 1 fully saturated rings. The van der Waals surface area contributed by atoms with Crippen LogP contribution in [0.5, 0.6) is 0 Å². The fourth-order valence-corrected chi connectivity index (χ4v) is 3.34. The van der Waals surface area contributed by atoms with Crippen molar-refractivity contribution < 1.29 is 4.79 Å². The smallest absolute Gasteiger partial charge is 0.253 e. The second-order valence-electron chi connectivity index (χ2n) is 6.51. The zero-order chi connectivity index (χ0) is 16.9. The first-order chi connectivity index (χ1) is 11.6. The van der Waals surface area contributed by atoms with Crippen LogP contribution in [0.2, 0.25) is 0 Å². The average Bonchev–Trinajstić information content (AvgIpc) is 2.87. The van der Waals surface area contributed by atoms with E-state index >= 15 is 0 Å². The number of carbonyl (C=O) groups is 1. The predicted molar refractivity (Wildman–Crippen MR) is 95.9 cm³/mol. The van der Waals surface area contributed by atoms with E-state index in [-0.39, 0.29) is 5.91 Å². The summed E-state index contributed by atoms with van der Waals surface area (Å²) in [6.45, 7) is 7.78. The Labute approximate surface area is 144 Å². The molecule has 3 rings (SSSR count). The highest BCUT2D eigenvalue weighted by atomic mass is 16.2. The number of rotatable bonds is 3. The maximum atomic E-state index is 12.8. The molecule has 1 saturated heterocycles. The van der Waals surface area contributed by atoms with Gasteiger partial charge in [0.1, 0.15) is 0 Å². The van der Waals surface area contributed by atoms with Gasteiger partial charge < -0.3 is 4.90 Å². The quantitative estimate of drug-likeness (QED) is 0.869. The van der Waals surface area contributed by atoms with Crippen molar-refractivity contribution in [2.45, 2.75) is 26.3 Å². The van der Waals surface area contributed by atoms with Crippen LogP contribution in [-0.2, 0) is 0 Å². The number of benzene rings is 1. The zero-order valence-corrected chi connectivity index (χ0v) is 14.5. The molecule has 2 aromatic rings. The highest BCUT2D eigenvalue weighted by molar-refractivity contribution is 5.94. The summed E-state index contributed by atoms with van der Waals surface area (Å²) < 4.78 is 0. The van der Waals surface area contributed by atoms with Gasteiger partial charge in [-0.15, -0.1) is 0 Å². The minimum atomic E-state index is 0.150. The highest BCUT2D eigenvalue weighted by Gasteiger charge is 2.23. The lowest BCUT2D eigenvalue weighted by molar-refractivity contribution is 0.0758. The van der Waals surface area contributed by atoms with E-state index in [1.54, 1.807) is 0 Å². The Morgan fingerprint density at radius 1 is 1.08 bits per heavy atom. The van der Waals surface area contributed by atoms with Crippen LogP contribution in [0, 0.1) is 6.92 Å². The van der Waals surface area contributed by atoms with Crippen LogP contribution in [0.1, 0.15) is 40.9 Å². The molecule has 0 bridgehead atoms. The van der Waals surface area contributed by atoms with E-state index in [1.807, 2.05) is 48.5 Å². The summed E-state index contributed by atoms with van der Waals surface area (Å²) in [6, 6.07) is 12.4. The molecule has 1 atom stereocenters. The molecule has 0 aliphatic carbocycles. The Balaban J connectivity index is 1.66. The van der Waals surface area contributed by atoms with Gasteiger partial charge >= 0.3 is 0 Å². The lowest BCUT2D eigenvalue weighted by atomic mass is 10.1. The summed E-state index contributed by atoms with van der Waals surface area (Å²) in [4.78, 5) is 21.3. The Morgan fingerprint density at radius 2 is 1.88 bits per heavy atom. The van der Waals surface area contributed by atoms with Crippen LogP contribution in [0.4, 0.5) is 0 Å². The molecule has 126 valence electrons. The third-order valence-electron chi connectivity index (χ3n) is 4.82. The molecule has 24 heavy (non-hydrogen) atoms. The van der Waals surface area contributed by atoms with Crippen molar-refractivity contribution in [3.8, 4) is 0 Å². The van der Waals surface area contributed by atoms with Crippen molar-refractivity contribution in [2.75, 3.05) is 26.2 Å². The van der Waals surface area contributed by atoms with E-state index in [0.717, 1.165) is 43.7 Å². The molecule has 1 aliphatic rings. The number of nitrogens with zero attached hydrogens (tertiary/aromatic N) is 3. The van der Waals surface area contributed by atoms with E-state index < -0.39 is 0 Å². The number of amides is 1. The summed E-state index contributed by atoms with van der Waals surface area (Å²) in [5.41, 5.74) is 3.21. The maximum Gasteiger partial charge on any atom is 0.253 e. The molecule has 0 N–H and O–H groups in total. The normalized spacial score (nSPS) is 17.3. The molecular formula is C20H25N3O. The van der Waals surface area contributed by atoms with E-state index in [9.17, 15) is 4.79 Å². The molecule has 0 spiro atoms. The predicted octanol–water partition coefficient (Wildman–Crippen LogP) is 3.30. The Hall–Kier alpha value is -2.20. The van der Waals surface area contributed by atoms with Gasteiger partial charge in [-0.1, -0.05) is 17.7 Å². The number of pyridine rings is 1. The fourth-order valence-electron chi connectivity index (χ4n) is 3.34. The summed E-state index contributed by atoms with van der Waals surface area (Å²) >= 11 is 0. The van der Waals surface area contributed by atoms with E-state index in [1.165, 1.54) is 5.56 Å². The first-order valence-electron chi connectivity index (χ1n) is 8.65. The van der Waals surface area contributed by atoms with E-state index in [0.29, 0.717) is 6.04 Å². The second-order valence-corrected chi connectivity index (χ2v) is 6.51. The minimum absolute atomic E-state index is 0.150. The van der Waals surface area contributed by atoms with Gasteiger partial charge in [0, 0.05) is 50.2 Å². The summed E-state index contributed by atoms with van der Waals surface area (Å²) in [5.74, 6) is 0.150. The molecule has 0 saturated carbocycles. The van der Waals surface area contributed by atoms with Crippen LogP contribution < -0.4 is 0 Å². The van der Waals surface area contributed by atoms with Gasteiger partial charge in [0.05, 0.1) is 0 Å². The van der Waals surface area contributed by atoms with Gasteiger partial charge in [-0.2, -0.15) is 0 Å². The molecular weight excluding hydrogens is 298 g/mol. The lowest BCUT2D eigenvalue weighted by Crippen LogP contribution is -2.36. The van der Waals surface area contributed by atoms with Crippen molar-refractivity contribution in [3.63, 3.8) is 0 Å². The SMILES string of the molecule is Cc1cccc(C(=O)N2CCCN([C@@H](C)c3ccncc3)CC2)c1. The molecule has 1 aromatic carbocycles. The van der Waals surface area contributed by atoms with Gasteiger partial charge in [-0.3, -0.25) is 14.7 Å². The van der Waals surface area contributed by atoms with Crippen LogP contribution in [0.15, 0.2) is 48.8 Å². The molecule has 4 heteroatoms. The number of aromatic nitrogens is 1. The molecule has 1 amide bonds. The summed E-state index contributed by atoms with van der Waals surface area (Å²) in [6.07, 6.45) is 4.70. The summed E-state index contributed by atoms with van der Waals surface area (Å²) in [5, 5.41) is 0. The van der Waals surface area contributed by atoms with Crippen molar-refractivity contribution in [3.05, 3.63) is 65.5 Å². The number of aryl methyl sites for hydroxylation is 1. The molecule has 0 radical (unpaired) electrons. The first kappa shape index (κ1) is 16.7. The topological polar surface area (TPSA) is 36.4 Å². The third kappa shape index (κ3) is 3.82. The highest BCUT2D eigenvalue weighted by Crippen LogP contribution is 2.21. The standard InChI is InChI=1S/C20H25N3O/c1-16-5-3-6-19(15-16)20(24)23-12-4-11-22(13-14-23)17(2)18-7-9-21-10-8-18/h3,5-10,15,17H,4,11-14H2,1-2H3/t17-/m0/s1. The Bertz CT molecular complexity index is 686. The Morgan fingerprint density at radius 3 is 2.62 bits per heavy atom. The molecule has 1 aromatic heterocycles. The first-order valence-corrected chi connectivity index (χ1v) is 8.65. The molecule has 2 heterocycles. The van der Waals surface area contributed by atoms with Crippen LogP contribution in [0.3, 0.4) is 0 Å². The monoisotopic (exact) mass is 323 g/mol. The Kier molecular flexibility index (Phi) is 5.26. The van der Waals surface area contributed by atoms with Gasteiger partial charge in [0.15, 0.2) is 0 Å². The second kappa shape index (κ2) is 7.58. The largest absolute Gasteiger partial charge is 0.337 e. The number of hydrogen-bond donors (Lipinski definition) is 0. The summed E-state index contributed by atoms with van der Waals surface area (Å²) in [7, 11) is 0. The van der Waals surface area contributed by atoms with Gasteiger partial charge in [0.25, 0.3) is 5.91 Å². The average molecular weight is 323 g/mol. The molecule has 1 aliphatic heterocycles. The molecule has 4 nitrogen and oxygen atoms in total. The van der Waals surface area contributed by atoms with Crippen LogP contribution in [0.25, 0.3) is 0 Å². The van der Waals surface area contributed by atoms with Gasteiger partial charge in [-0.05, 0) is 50.1 Å². The van der Waals surface area contributed by atoms with Crippen LogP contribution in [-0.4, -0.2) is 46.9 Å². The number of carbonyl (C=O) groups excluding carboxylic acids is 1. The third-order valence-corrected chi connectivity index (χ3v) is 4.82. The molecule has 0 unspecified atom stereocenters. The minimum Gasteiger partial charge on any atom is -0.337 e. The lowest BCUT2D eigenvalue weighted by Gasteiger charge is -2.28. The van der Waals surface area contributed by atoms with E-state index in [4.69, 9.17) is 0 Å². The van der Waals surface area contributed by atoms with Gasteiger partial charge in [-0.25, -0.2) is 0 Å². The van der Waals surface area contributed by atoms with Crippen molar-refractivity contribution in [1.29, 1.82) is 0 Å². The van der Waals surface area contributed by atoms with E-state index in [2.05, 4.69) is 28.9 Å². The zero-order valence-electron chi connectivity index (χ0n) is 14.5. The van der Waals surface area contributed by atoms with Crippen molar-refractivity contribution >= 4 is 5.91 Å². The number of hydrogen-bond acceptors (Lipinski definition) is 3. The van der Waals surface area contributed by atoms with Gasteiger partial charge in [0.2, 0.25) is 0 Å². The van der Waals surface area contributed by atoms with Crippen molar-refractivity contribution in [2.24, 2.45) is 0 Å². The van der Waals surface area contributed by atoms with Crippen molar-refractivity contribution in [1.82, 2.24) is 14.8 Å². The fraction of sp³-hybridized carbons (Fsp3) is 0.400. The van der Waals surface area contributed by atoms with Crippen LogP contribution >= 0.6 is 0 Å².